The van der Waals surface area contributed by atoms with Crippen molar-refractivity contribution in [3.63, 3.8) is 0 Å². The smallest absolute Gasteiger partial charge is 0.319 e. The van der Waals surface area contributed by atoms with Gasteiger partial charge in [-0.15, -0.1) is 0 Å². The molecule has 2 aromatic carbocycles. The van der Waals surface area contributed by atoms with Crippen LogP contribution in [0.15, 0.2) is 60.8 Å². The third kappa shape index (κ3) is 3.51. The van der Waals surface area contributed by atoms with Crippen LogP contribution in [0.4, 0.5) is 4.79 Å². The molecule has 0 unspecified atom stereocenters. The van der Waals surface area contributed by atoms with Crippen LogP contribution in [-0.4, -0.2) is 18.9 Å². The van der Waals surface area contributed by atoms with Gasteiger partial charge in [-0.05, 0) is 42.0 Å². The van der Waals surface area contributed by atoms with E-state index in [9.17, 15) is 9.59 Å². The van der Waals surface area contributed by atoms with Crippen molar-refractivity contribution in [1.82, 2.24) is 10.6 Å². The normalized spacial score (nSPS) is 19.8. The van der Waals surface area contributed by atoms with Crippen LogP contribution < -0.4 is 15.4 Å². The molecule has 25 heavy (non-hydrogen) atoms. The zero-order valence-electron chi connectivity index (χ0n) is 13.6. The van der Waals surface area contributed by atoms with E-state index in [2.05, 4.69) is 17.2 Å². The highest BCUT2D eigenvalue weighted by atomic mass is 35.5. The zero-order valence-corrected chi connectivity index (χ0v) is 14.3. The van der Waals surface area contributed by atoms with E-state index >= 15 is 0 Å². The maximum absolute atomic E-state index is 13.0. The Labute approximate surface area is 150 Å². The number of urea groups is 1. The number of benzene rings is 2. The lowest BCUT2D eigenvalue weighted by Crippen LogP contribution is -2.50. The molecule has 0 bridgehead atoms. The molecule has 2 aromatic rings. The van der Waals surface area contributed by atoms with Gasteiger partial charge in [0.05, 0.1) is 19.1 Å². The fraction of sp³-hybridized carbons (Fsp3) is 0.158. The van der Waals surface area contributed by atoms with Gasteiger partial charge in [0, 0.05) is 16.3 Å². The monoisotopic (exact) mass is 356 g/mol. The Morgan fingerprint density at radius 2 is 1.76 bits per heavy atom. The molecule has 0 spiro atoms. The Morgan fingerprint density at radius 3 is 2.36 bits per heavy atom. The summed E-state index contributed by atoms with van der Waals surface area (Å²) >= 11 is 5.89. The van der Waals surface area contributed by atoms with Crippen LogP contribution in [0.5, 0.6) is 5.75 Å². The van der Waals surface area contributed by atoms with Crippen LogP contribution in [0.3, 0.4) is 0 Å². The van der Waals surface area contributed by atoms with Crippen LogP contribution in [0, 0.1) is 5.92 Å². The van der Waals surface area contributed by atoms with Crippen LogP contribution in [-0.2, 0) is 0 Å². The molecular formula is C19H17ClN2O3. The minimum absolute atomic E-state index is 0.144. The average Bonchev–Trinajstić information content (AvgIpc) is 2.61. The van der Waals surface area contributed by atoms with Gasteiger partial charge in [0.1, 0.15) is 5.75 Å². The molecule has 1 fully saturated rings. The lowest BCUT2D eigenvalue weighted by molar-refractivity contribution is 0.0905. The summed E-state index contributed by atoms with van der Waals surface area (Å²) in [5.41, 5.74) is 1.67. The van der Waals surface area contributed by atoms with Gasteiger partial charge in [0.15, 0.2) is 5.78 Å². The number of carbonyl (C=O) groups is 2. The summed E-state index contributed by atoms with van der Waals surface area (Å²) < 4.78 is 5.16. The van der Waals surface area contributed by atoms with Gasteiger partial charge in [-0.3, -0.25) is 4.79 Å². The topological polar surface area (TPSA) is 67.4 Å². The van der Waals surface area contributed by atoms with Crippen molar-refractivity contribution in [1.29, 1.82) is 0 Å². The number of hydrogen-bond donors (Lipinski definition) is 2. The number of ketones is 1. The van der Waals surface area contributed by atoms with E-state index in [-0.39, 0.29) is 11.8 Å². The first-order valence-corrected chi connectivity index (χ1v) is 8.07. The molecule has 0 aliphatic carbocycles. The van der Waals surface area contributed by atoms with Crippen LogP contribution >= 0.6 is 11.6 Å². The largest absolute Gasteiger partial charge is 0.497 e. The van der Waals surface area contributed by atoms with Crippen molar-refractivity contribution in [3.8, 4) is 5.75 Å². The molecular weight excluding hydrogens is 340 g/mol. The van der Waals surface area contributed by atoms with Crippen molar-refractivity contribution in [2.75, 3.05) is 7.11 Å². The second-order valence-electron chi connectivity index (χ2n) is 5.72. The molecule has 2 atom stereocenters. The van der Waals surface area contributed by atoms with Crippen molar-refractivity contribution in [2.45, 2.75) is 6.04 Å². The summed E-state index contributed by atoms with van der Waals surface area (Å²) in [4.78, 5) is 24.9. The van der Waals surface area contributed by atoms with E-state index in [0.29, 0.717) is 22.0 Å². The lowest BCUT2D eigenvalue weighted by atomic mass is 9.83. The summed E-state index contributed by atoms with van der Waals surface area (Å²) in [6.07, 6.45) is 0. The van der Waals surface area contributed by atoms with Gasteiger partial charge in [-0.25, -0.2) is 4.79 Å². The number of ether oxygens (including phenoxy) is 1. The summed E-state index contributed by atoms with van der Waals surface area (Å²) in [5.74, 6) is -0.0781. The lowest BCUT2D eigenvalue weighted by Gasteiger charge is -2.34. The summed E-state index contributed by atoms with van der Waals surface area (Å²) in [6, 6.07) is 13.0. The third-order valence-electron chi connectivity index (χ3n) is 4.16. The van der Waals surface area contributed by atoms with Crippen LogP contribution in [0.2, 0.25) is 5.02 Å². The average molecular weight is 357 g/mol. The second kappa shape index (κ2) is 6.99. The highest BCUT2D eigenvalue weighted by Crippen LogP contribution is 2.33. The maximum atomic E-state index is 13.0. The third-order valence-corrected chi connectivity index (χ3v) is 4.41. The first-order valence-electron chi connectivity index (χ1n) is 7.69. The molecule has 0 saturated carbocycles. The predicted octanol–water partition coefficient (Wildman–Crippen LogP) is 3.72. The fourth-order valence-electron chi connectivity index (χ4n) is 2.88. The number of carbonyl (C=O) groups excluding carboxylic acids is 2. The number of Topliss-reactive ketones (excluding diaryl/α,β-unsaturated/α-hetero) is 1. The van der Waals surface area contributed by atoms with Gasteiger partial charge in [-0.2, -0.15) is 0 Å². The van der Waals surface area contributed by atoms with Gasteiger partial charge in [0.2, 0.25) is 0 Å². The number of halogens is 1. The molecule has 1 heterocycles. The molecule has 3 rings (SSSR count). The van der Waals surface area contributed by atoms with Gasteiger partial charge < -0.3 is 15.4 Å². The number of nitrogens with one attached hydrogen (secondary N) is 2. The van der Waals surface area contributed by atoms with Gasteiger partial charge in [0.25, 0.3) is 0 Å². The first-order chi connectivity index (χ1) is 12.0. The Kier molecular flexibility index (Phi) is 4.76. The molecule has 128 valence electrons. The van der Waals surface area contributed by atoms with E-state index in [1.54, 1.807) is 43.5 Å². The number of rotatable bonds is 4. The molecule has 1 aliphatic rings. The number of amides is 2. The van der Waals surface area contributed by atoms with Gasteiger partial charge in [-0.1, -0.05) is 30.3 Å². The quantitative estimate of drug-likeness (QED) is 0.820. The minimum Gasteiger partial charge on any atom is -0.497 e. The summed E-state index contributed by atoms with van der Waals surface area (Å²) in [5, 5.41) is 5.96. The van der Waals surface area contributed by atoms with E-state index in [1.807, 2.05) is 12.1 Å². The van der Waals surface area contributed by atoms with E-state index in [1.165, 1.54) is 0 Å². The summed E-state index contributed by atoms with van der Waals surface area (Å²) in [6.45, 7) is 3.88. The molecule has 2 N–H and O–H groups in total. The van der Waals surface area contributed by atoms with E-state index < -0.39 is 12.0 Å². The zero-order chi connectivity index (χ0) is 18.0. The van der Waals surface area contributed by atoms with Crippen molar-refractivity contribution >= 4 is 23.4 Å². The van der Waals surface area contributed by atoms with Crippen LogP contribution in [0.25, 0.3) is 0 Å². The van der Waals surface area contributed by atoms with Crippen molar-refractivity contribution in [3.05, 3.63) is 77.0 Å². The first kappa shape index (κ1) is 17.0. The molecule has 0 radical (unpaired) electrons. The molecule has 1 saturated heterocycles. The predicted molar refractivity (Wildman–Crippen MR) is 95.8 cm³/mol. The molecule has 2 amide bonds. The highest BCUT2D eigenvalue weighted by molar-refractivity contribution is 6.30. The Hall–Kier alpha value is -2.79. The Bertz CT molecular complexity index is 816. The van der Waals surface area contributed by atoms with E-state index in [4.69, 9.17) is 16.3 Å². The van der Waals surface area contributed by atoms with Gasteiger partial charge >= 0.3 is 6.03 Å². The Morgan fingerprint density at radius 1 is 1.12 bits per heavy atom. The molecule has 6 heteroatoms. The van der Waals surface area contributed by atoms with Crippen molar-refractivity contribution < 1.29 is 14.3 Å². The minimum atomic E-state index is -0.632. The SMILES string of the molecule is C=C1NC(=O)N[C@H](c2ccc(OC)cc2)[C@H]1C(=O)c1ccc(Cl)cc1. The van der Waals surface area contributed by atoms with Crippen molar-refractivity contribution in [2.24, 2.45) is 5.92 Å². The standard InChI is InChI=1S/C19H17ClN2O3/c1-11-16(18(23)13-3-7-14(20)8-4-13)17(22-19(24)21-11)12-5-9-15(25-2)10-6-12/h3-10,16-17H,1H2,2H3,(H2,21,22,24)/t16-,17+/m0/s1. The van der Waals surface area contributed by atoms with Crippen LogP contribution in [0.1, 0.15) is 22.0 Å². The fourth-order valence-corrected chi connectivity index (χ4v) is 3.00. The number of methoxy groups -OCH3 is 1. The molecule has 1 aliphatic heterocycles. The second-order valence-corrected chi connectivity index (χ2v) is 6.16. The number of hydrogen-bond acceptors (Lipinski definition) is 3. The molecule has 5 nitrogen and oxygen atoms in total. The summed E-state index contributed by atoms with van der Waals surface area (Å²) in [7, 11) is 1.58. The maximum Gasteiger partial charge on any atom is 0.319 e. The molecule has 0 aromatic heterocycles. The van der Waals surface area contributed by atoms with E-state index in [0.717, 1.165) is 5.56 Å². The highest BCUT2D eigenvalue weighted by Gasteiger charge is 2.38. The Balaban J connectivity index is 1.97.